The summed E-state index contributed by atoms with van der Waals surface area (Å²) in [7, 11) is 1.56. The molecule has 176 valence electrons. The molecule has 2 aromatic carbocycles. The molecule has 3 aromatic rings. The molecule has 0 fully saturated rings. The van der Waals surface area contributed by atoms with Crippen LogP contribution in [0.25, 0.3) is 0 Å². The van der Waals surface area contributed by atoms with Crippen LogP contribution >= 0.6 is 11.6 Å². The second-order valence-corrected chi connectivity index (χ2v) is 7.71. The Labute approximate surface area is 198 Å². The summed E-state index contributed by atoms with van der Waals surface area (Å²) < 4.78 is 35.4. The molecule has 0 radical (unpaired) electrons. The second kappa shape index (κ2) is 9.52. The van der Waals surface area contributed by atoms with Gasteiger partial charge in [0, 0.05) is 43.3 Å². The zero-order valence-corrected chi connectivity index (χ0v) is 18.6. The molecule has 2 heterocycles. The fourth-order valence-electron chi connectivity index (χ4n) is 3.28. The summed E-state index contributed by atoms with van der Waals surface area (Å²) in [5, 5.41) is 8.37. The number of carbonyl (C=O) groups is 2. The molecule has 1 aromatic heterocycles. The lowest BCUT2D eigenvalue weighted by Crippen LogP contribution is -2.25. The highest BCUT2D eigenvalue weighted by Gasteiger charge is 2.44. The number of hydrogen-bond acceptors (Lipinski definition) is 6. The van der Waals surface area contributed by atoms with E-state index in [4.69, 9.17) is 11.6 Å². The molecule has 1 aliphatic heterocycles. The van der Waals surface area contributed by atoms with Crippen molar-refractivity contribution in [2.24, 2.45) is 0 Å². The van der Waals surface area contributed by atoms with E-state index in [-0.39, 0.29) is 34.5 Å². The molecule has 34 heavy (non-hydrogen) atoms. The van der Waals surface area contributed by atoms with Gasteiger partial charge < -0.3 is 25.4 Å². The van der Waals surface area contributed by atoms with Gasteiger partial charge in [0.25, 0.3) is 5.91 Å². The van der Waals surface area contributed by atoms with Crippen LogP contribution in [0.3, 0.4) is 0 Å². The number of rotatable bonds is 7. The van der Waals surface area contributed by atoms with E-state index in [0.29, 0.717) is 23.5 Å². The Morgan fingerprint density at radius 2 is 1.79 bits per heavy atom. The highest BCUT2D eigenvalue weighted by Crippen LogP contribution is 2.45. The molecule has 0 atom stereocenters. The van der Waals surface area contributed by atoms with Crippen molar-refractivity contribution in [3.05, 3.63) is 76.6 Å². The molecule has 0 aliphatic carbocycles. The Bertz CT molecular complexity index is 1260. The SMILES string of the molecule is CNC(=O)Cc1cc(CNc2ccccc2C(=O)Nc2cc3c(cc2Cl)OC(F)(F)O3)ccn1. The monoisotopic (exact) mass is 488 g/mol. The third kappa shape index (κ3) is 5.34. The van der Waals surface area contributed by atoms with Crippen LogP contribution in [-0.2, 0) is 17.8 Å². The van der Waals surface area contributed by atoms with Crippen LogP contribution in [0.15, 0.2) is 54.7 Å². The molecule has 2 amide bonds. The van der Waals surface area contributed by atoms with Gasteiger partial charge in [0.2, 0.25) is 5.91 Å². The fourth-order valence-corrected chi connectivity index (χ4v) is 3.48. The number of alkyl halides is 2. The van der Waals surface area contributed by atoms with Gasteiger partial charge in [0.05, 0.1) is 22.7 Å². The average Bonchev–Trinajstić information content (AvgIpc) is 3.10. The Morgan fingerprint density at radius 3 is 2.56 bits per heavy atom. The van der Waals surface area contributed by atoms with Crippen molar-refractivity contribution < 1.29 is 27.8 Å². The summed E-state index contributed by atoms with van der Waals surface area (Å²) in [6, 6.07) is 12.7. The maximum absolute atomic E-state index is 13.3. The number of pyridine rings is 1. The zero-order valence-electron chi connectivity index (χ0n) is 17.8. The lowest BCUT2D eigenvalue weighted by molar-refractivity contribution is -0.286. The van der Waals surface area contributed by atoms with E-state index in [2.05, 4.69) is 30.4 Å². The minimum atomic E-state index is -3.79. The minimum absolute atomic E-state index is 0.0132. The van der Waals surface area contributed by atoms with Crippen LogP contribution in [0.2, 0.25) is 5.02 Å². The molecule has 3 N–H and O–H groups in total. The van der Waals surface area contributed by atoms with Crippen molar-refractivity contribution in [3.8, 4) is 11.5 Å². The van der Waals surface area contributed by atoms with Crippen LogP contribution in [0.4, 0.5) is 20.2 Å². The second-order valence-electron chi connectivity index (χ2n) is 7.30. The number of aromatic nitrogens is 1. The van der Waals surface area contributed by atoms with Gasteiger partial charge in [-0.15, -0.1) is 8.78 Å². The van der Waals surface area contributed by atoms with E-state index in [1.807, 2.05) is 0 Å². The van der Waals surface area contributed by atoms with Gasteiger partial charge in [-0.1, -0.05) is 23.7 Å². The molecule has 4 rings (SSSR count). The molecule has 11 heteroatoms. The molecular formula is C23H19ClF2N4O4. The molecule has 0 bridgehead atoms. The first kappa shape index (κ1) is 23.2. The number of anilines is 2. The van der Waals surface area contributed by atoms with Crippen molar-refractivity contribution in [2.75, 3.05) is 17.7 Å². The van der Waals surface area contributed by atoms with Gasteiger partial charge in [-0.05, 0) is 29.8 Å². The number of halogens is 3. The van der Waals surface area contributed by atoms with Gasteiger partial charge in [-0.3, -0.25) is 14.6 Å². The van der Waals surface area contributed by atoms with E-state index in [1.165, 1.54) is 6.07 Å². The molecule has 0 saturated carbocycles. The smallest absolute Gasteiger partial charge is 0.395 e. The largest absolute Gasteiger partial charge is 0.586 e. The van der Waals surface area contributed by atoms with E-state index < -0.39 is 12.2 Å². The summed E-state index contributed by atoms with van der Waals surface area (Å²) in [6.07, 6.45) is -2.03. The normalized spacial score (nSPS) is 13.3. The van der Waals surface area contributed by atoms with Crippen LogP contribution in [0, 0.1) is 0 Å². The molecule has 0 unspecified atom stereocenters. The lowest BCUT2D eigenvalue weighted by Gasteiger charge is -2.13. The van der Waals surface area contributed by atoms with Crippen molar-refractivity contribution >= 4 is 34.8 Å². The summed E-state index contributed by atoms with van der Waals surface area (Å²) >= 11 is 6.13. The summed E-state index contributed by atoms with van der Waals surface area (Å²) in [4.78, 5) is 28.7. The summed E-state index contributed by atoms with van der Waals surface area (Å²) in [5.74, 6) is -1.11. The number of nitrogens with one attached hydrogen (secondary N) is 3. The summed E-state index contributed by atoms with van der Waals surface area (Å²) in [6.45, 7) is 0.368. The topological polar surface area (TPSA) is 102 Å². The number of amides is 2. The molecule has 0 spiro atoms. The number of nitrogens with zero attached hydrogens (tertiary/aromatic N) is 1. The molecule has 1 aliphatic rings. The number of likely N-dealkylation sites (N-methyl/N-ethyl adjacent to an activating group) is 1. The van der Waals surface area contributed by atoms with Crippen LogP contribution in [0.1, 0.15) is 21.6 Å². The van der Waals surface area contributed by atoms with Crippen molar-refractivity contribution in [3.63, 3.8) is 0 Å². The molecule has 0 saturated heterocycles. The number of ether oxygens (including phenoxy) is 2. The Kier molecular flexibility index (Phi) is 6.51. The van der Waals surface area contributed by atoms with Crippen LogP contribution < -0.4 is 25.4 Å². The predicted octanol–water partition coefficient (Wildman–Crippen LogP) is 4.21. The Balaban J connectivity index is 1.48. The van der Waals surface area contributed by atoms with Crippen molar-refractivity contribution in [1.29, 1.82) is 0 Å². The van der Waals surface area contributed by atoms with Gasteiger partial charge in [-0.2, -0.15) is 0 Å². The first-order valence-corrected chi connectivity index (χ1v) is 10.5. The maximum atomic E-state index is 13.3. The van der Waals surface area contributed by atoms with Crippen molar-refractivity contribution in [1.82, 2.24) is 10.3 Å². The number of fused-ring (bicyclic) bond motifs is 1. The van der Waals surface area contributed by atoms with E-state index in [0.717, 1.165) is 11.6 Å². The number of para-hydroxylation sites is 1. The number of carbonyl (C=O) groups excluding carboxylic acids is 2. The quantitative estimate of drug-likeness (QED) is 0.460. The Hall–Kier alpha value is -3.92. The highest BCUT2D eigenvalue weighted by molar-refractivity contribution is 6.34. The molecular weight excluding hydrogens is 470 g/mol. The number of hydrogen-bond donors (Lipinski definition) is 3. The molecule has 8 nitrogen and oxygen atoms in total. The van der Waals surface area contributed by atoms with Crippen molar-refractivity contribution in [2.45, 2.75) is 19.3 Å². The fraction of sp³-hybridized carbons (Fsp3) is 0.174. The first-order valence-electron chi connectivity index (χ1n) is 10.1. The van der Waals surface area contributed by atoms with Crippen LogP contribution in [-0.4, -0.2) is 30.1 Å². The minimum Gasteiger partial charge on any atom is -0.395 e. The third-order valence-electron chi connectivity index (χ3n) is 4.90. The maximum Gasteiger partial charge on any atom is 0.586 e. The highest BCUT2D eigenvalue weighted by atomic mass is 35.5. The summed E-state index contributed by atoms with van der Waals surface area (Å²) in [5.41, 5.74) is 2.42. The predicted molar refractivity (Wildman–Crippen MR) is 121 cm³/mol. The standard InChI is InChI=1S/C23H19ClF2N4O4/c1-27-21(31)9-14-8-13(6-7-28-14)12-29-17-5-3-2-4-15(17)22(32)30-18-11-20-19(10-16(18)24)33-23(25,26)34-20/h2-8,10-11,29H,9,12H2,1H3,(H,27,31)(H,30,32). The zero-order chi connectivity index (χ0) is 24.3. The van der Waals surface area contributed by atoms with Gasteiger partial charge in [-0.25, -0.2) is 0 Å². The lowest BCUT2D eigenvalue weighted by atomic mass is 10.1. The van der Waals surface area contributed by atoms with E-state index >= 15 is 0 Å². The van der Waals surface area contributed by atoms with E-state index in [1.54, 1.807) is 49.6 Å². The van der Waals surface area contributed by atoms with Gasteiger partial charge >= 0.3 is 6.29 Å². The Morgan fingerprint density at radius 1 is 1.06 bits per heavy atom. The van der Waals surface area contributed by atoms with E-state index in [9.17, 15) is 18.4 Å². The van der Waals surface area contributed by atoms with Gasteiger partial charge in [0.15, 0.2) is 11.5 Å². The number of benzene rings is 2. The van der Waals surface area contributed by atoms with Gasteiger partial charge in [0.1, 0.15) is 0 Å². The first-order chi connectivity index (χ1) is 16.2. The average molecular weight is 489 g/mol. The third-order valence-corrected chi connectivity index (χ3v) is 5.21. The van der Waals surface area contributed by atoms with Crippen LogP contribution in [0.5, 0.6) is 11.5 Å².